The maximum Gasteiger partial charge on any atom is 0.198 e. The van der Waals surface area contributed by atoms with Gasteiger partial charge in [-0.2, -0.15) is 0 Å². The molecule has 2 N–H and O–H groups in total. The Morgan fingerprint density at radius 3 is 2.17 bits per heavy atom. The van der Waals surface area contributed by atoms with Crippen molar-refractivity contribution in [2.45, 2.75) is 0 Å². The summed E-state index contributed by atoms with van der Waals surface area (Å²) in [4.78, 5) is 11.9. The van der Waals surface area contributed by atoms with E-state index in [0.717, 1.165) is 24.3 Å². The van der Waals surface area contributed by atoms with Crippen molar-refractivity contribution in [3.63, 3.8) is 0 Å². The second kappa shape index (κ2) is 4.52. The summed E-state index contributed by atoms with van der Waals surface area (Å²) >= 11 is 0. The molecule has 0 atom stereocenters. The minimum Gasteiger partial charge on any atom is -0.398 e. The van der Waals surface area contributed by atoms with Crippen LogP contribution in [0.5, 0.6) is 0 Å². The van der Waals surface area contributed by atoms with Crippen molar-refractivity contribution in [1.29, 1.82) is 0 Å². The zero-order valence-corrected chi connectivity index (χ0v) is 9.08. The molecule has 0 unspecified atom stereocenters. The number of nitrogen functional groups attached to an aromatic ring is 1. The highest BCUT2D eigenvalue weighted by molar-refractivity contribution is 6.12. The summed E-state index contributed by atoms with van der Waals surface area (Å²) < 4.78 is 39.2. The van der Waals surface area contributed by atoms with Crippen LogP contribution in [0, 0.1) is 17.5 Å². The number of hydrogen-bond donors (Lipinski definition) is 1. The molecule has 0 aliphatic heterocycles. The molecule has 5 heteroatoms. The third kappa shape index (κ3) is 2.20. The third-order valence-corrected chi connectivity index (χ3v) is 2.44. The number of carbonyl (C=O) groups is 1. The second-order valence-corrected chi connectivity index (χ2v) is 3.68. The van der Waals surface area contributed by atoms with Gasteiger partial charge in [-0.25, -0.2) is 13.2 Å². The minimum atomic E-state index is -1.01. The average molecular weight is 251 g/mol. The zero-order chi connectivity index (χ0) is 13.3. The molecule has 2 aromatic carbocycles. The lowest BCUT2D eigenvalue weighted by Gasteiger charge is -2.06. The van der Waals surface area contributed by atoms with E-state index in [4.69, 9.17) is 5.73 Å². The molecule has 0 saturated carbocycles. The van der Waals surface area contributed by atoms with Gasteiger partial charge in [-0.1, -0.05) is 0 Å². The van der Waals surface area contributed by atoms with Gasteiger partial charge in [-0.3, -0.25) is 4.79 Å². The van der Waals surface area contributed by atoms with E-state index < -0.39 is 23.2 Å². The van der Waals surface area contributed by atoms with Gasteiger partial charge in [-0.05, 0) is 30.3 Å². The molecule has 18 heavy (non-hydrogen) atoms. The van der Waals surface area contributed by atoms with E-state index in [0.29, 0.717) is 6.07 Å². The Morgan fingerprint density at radius 2 is 1.50 bits per heavy atom. The Kier molecular flexibility index (Phi) is 3.06. The van der Waals surface area contributed by atoms with Crippen molar-refractivity contribution < 1.29 is 18.0 Å². The van der Waals surface area contributed by atoms with Gasteiger partial charge in [0.15, 0.2) is 5.78 Å². The SMILES string of the molecule is Nc1ccc(F)cc1C(=O)c1ccc(F)cc1F. The summed E-state index contributed by atoms with van der Waals surface area (Å²) in [5.41, 5.74) is 5.05. The molecule has 2 rings (SSSR count). The van der Waals surface area contributed by atoms with Crippen LogP contribution in [0.3, 0.4) is 0 Å². The van der Waals surface area contributed by atoms with Gasteiger partial charge in [0.2, 0.25) is 0 Å². The van der Waals surface area contributed by atoms with Crippen LogP contribution in [0.25, 0.3) is 0 Å². The smallest absolute Gasteiger partial charge is 0.198 e. The Labute approximate surface area is 101 Å². The standard InChI is InChI=1S/C13H8F3NO/c14-7-2-4-12(17)10(5-7)13(18)9-3-1-8(15)6-11(9)16/h1-6H,17H2. The molecular formula is C13H8F3NO. The summed E-state index contributed by atoms with van der Waals surface area (Å²) in [7, 11) is 0. The normalized spacial score (nSPS) is 10.4. The average Bonchev–Trinajstić information content (AvgIpc) is 2.31. The third-order valence-electron chi connectivity index (χ3n) is 2.44. The van der Waals surface area contributed by atoms with Crippen molar-refractivity contribution in [3.05, 3.63) is 65.0 Å². The number of carbonyl (C=O) groups excluding carboxylic acids is 1. The minimum absolute atomic E-state index is 0.0325. The van der Waals surface area contributed by atoms with E-state index in [1.165, 1.54) is 6.07 Å². The fraction of sp³-hybridized carbons (Fsp3) is 0. The number of hydrogen-bond acceptors (Lipinski definition) is 2. The Hall–Kier alpha value is -2.30. The molecule has 2 aromatic rings. The molecular weight excluding hydrogens is 243 g/mol. The number of benzene rings is 2. The highest BCUT2D eigenvalue weighted by Gasteiger charge is 2.17. The van der Waals surface area contributed by atoms with E-state index >= 15 is 0 Å². The molecule has 0 heterocycles. The fourth-order valence-electron chi connectivity index (χ4n) is 1.54. The van der Waals surface area contributed by atoms with E-state index in [1.807, 2.05) is 0 Å². The lowest BCUT2D eigenvalue weighted by molar-refractivity contribution is 0.103. The zero-order valence-electron chi connectivity index (χ0n) is 9.08. The number of halogens is 3. The first kappa shape index (κ1) is 12.2. The van der Waals surface area contributed by atoms with Gasteiger partial charge in [0, 0.05) is 17.3 Å². The van der Waals surface area contributed by atoms with Crippen molar-refractivity contribution in [1.82, 2.24) is 0 Å². The van der Waals surface area contributed by atoms with E-state index in [1.54, 1.807) is 0 Å². The Morgan fingerprint density at radius 1 is 0.889 bits per heavy atom. The lowest BCUT2D eigenvalue weighted by atomic mass is 10.0. The highest BCUT2D eigenvalue weighted by atomic mass is 19.1. The largest absolute Gasteiger partial charge is 0.398 e. The van der Waals surface area contributed by atoms with E-state index in [-0.39, 0.29) is 16.8 Å². The van der Waals surface area contributed by atoms with Gasteiger partial charge in [0.1, 0.15) is 17.5 Å². The van der Waals surface area contributed by atoms with Gasteiger partial charge >= 0.3 is 0 Å². The number of ketones is 1. The second-order valence-electron chi connectivity index (χ2n) is 3.68. The van der Waals surface area contributed by atoms with Crippen LogP contribution >= 0.6 is 0 Å². The molecule has 0 aliphatic carbocycles. The van der Waals surface area contributed by atoms with Crippen molar-refractivity contribution in [2.75, 3.05) is 5.73 Å². The van der Waals surface area contributed by atoms with E-state index in [2.05, 4.69) is 0 Å². The Balaban J connectivity index is 2.51. The van der Waals surface area contributed by atoms with Crippen LogP contribution in [-0.2, 0) is 0 Å². The van der Waals surface area contributed by atoms with Gasteiger partial charge in [0.25, 0.3) is 0 Å². The molecule has 0 amide bonds. The number of rotatable bonds is 2. The monoisotopic (exact) mass is 251 g/mol. The first-order valence-electron chi connectivity index (χ1n) is 5.04. The van der Waals surface area contributed by atoms with Gasteiger partial charge < -0.3 is 5.73 Å². The van der Waals surface area contributed by atoms with Crippen molar-refractivity contribution >= 4 is 11.5 Å². The molecule has 0 radical (unpaired) electrons. The van der Waals surface area contributed by atoms with Crippen molar-refractivity contribution in [3.8, 4) is 0 Å². The van der Waals surface area contributed by atoms with Crippen LogP contribution in [0.4, 0.5) is 18.9 Å². The molecule has 2 nitrogen and oxygen atoms in total. The fourth-order valence-corrected chi connectivity index (χ4v) is 1.54. The summed E-state index contributed by atoms with van der Waals surface area (Å²) in [6, 6.07) is 5.75. The maximum atomic E-state index is 13.4. The maximum absolute atomic E-state index is 13.4. The van der Waals surface area contributed by atoms with E-state index in [9.17, 15) is 18.0 Å². The molecule has 0 fully saturated rings. The summed E-state index contributed by atoms with van der Waals surface area (Å²) in [5, 5.41) is 0. The summed E-state index contributed by atoms with van der Waals surface area (Å²) in [6.07, 6.45) is 0. The highest BCUT2D eigenvalue weighted by Crippen LogP contribution is 2.20. The van der Waals surface area contributed by atoms with Gasteiger partial charge in [-0.15, -0.1) is 0 Å². The van der Waals surface area contributed by atoms with Crippen LogP contribution in [0.2, 0.25) is 0 Å². The molecule has 0 saturated heterocycles. The lowest BCUT2D eigenvalue weighted by Crippen LogP contribution is -2.08. The summed E-state index contributed by atoms with van der Waals surface area (Å²) in [6.45, 7) is 0. The predicted molar refractivity (Wildman–Crippen MR) is 60.6 cm³/mol. The van der Waals surface area contributed by atoms with Crippen LogP contribution in [0.15, 0.2) is 36.4 Å². The first-order chi connectivity index (χ1) is 8.49. The first-order valence-corrected chi connectivity index (χ1v) is 5.04. The Bertz CT molecular complexity index is 626. The van der Waals surface area contributed by atoms with Crippen LogP contribution in [0.1, 0.15) is 15.9 Å². The molecule has 0 aromatic heterocycles. The molecule has 0 bridgehead atoms. The van der Waals surface area contributed by atoms with Crippen molar-refractivity contribution in [2.24, 2.45) is 0 Å². The number of anilines is 1. The van der Waals surface area contributed by atoms with Gasteiger partial charge in [0.05, 0.1) is 5.56 Å². The topological polar surface area (TPSA) is 43.1 Å². The van der Waals surface area contributed by atoms with Crippen LogP contribution < -0.4 is 5.73 Å². The van der Waals surface area contributed by atoms with Crippen LogP contribution in [-0.4, -0.2) is 5.78 Å². The quantitative estimate of drug-likeness (QED) is 0.658. The predicted octanol–water partition coefficient (Wildman–Crippen LogP) is 2.92. The number of nitrogens with two attached hydrogens (primary N) is 1. The molecule has 0 spiro atoms. The molecule has 92 valence electrons. The summed E-state index contributed by atoms with van der Waals surface area (Å²) in [5.74, 6) is -3.25. The molecule has 0 aliphatic rings.